The molecule has 0 amide bonds. The molecule has 4 N–H and O–H groups in total. The number of nitrogens with one attached hydrogen (secondary N) is 2. The van der Waals surface area contributed by atoms with Crippen molar-refractivity contribution in [1.82, 2.24) is 15.0 Å². The van der Waals surface area contributed by atoms with Crippen molar-refractivity contribution in [2.75, 3.05) is 56.8 Å². The first kappa shape index (κ1) is 23.7. The van der Waals surface area contributed by atoms with Gasteiger partial charge in [-0.15, -0.1) is 11.3 Å². The minimum Gasteiger partial charge on any atom is -0.387 e. The van der Waals surface area contributed by atoms with Crippen LogP contribution in [0.5, 0.6) is 0 Å². The molecule has 0 atom stereocenters. The van der Waals surface area contributed by atoms with Crippen molar-refractivity contribution < 1.29 is 9.47 Å². The number of anilines is 2. The van der Waals surface area contributed by atoms with E-state index in [0.717, 1.165) is 45.4 Å². The van der Waals surface area contributed by atoms with E-state index in [1.54, 1.807) is 31.6 Å². The number of allylic oxidation sites excluding steroid dienone is 1. The van der Waals surface area contributed by atoms with Crippen molar-refractivity contribution in [1.29, 1.82) is 5.41 Å². The smallest absolute Gasteiger partial charge is 0.165 e. The molecular formula is C23H28N8O2S. The van der Waals surface area contributed by atoms with E-state index in [0.29, 0.717) is 43.6 Å². The maximum Gasteiger partial charge on any atom is 0.165 e. The number of nitrogens with two attached hydrogens (primary N) is 1. The summed E-state index contributed by atoms with van der Waals surface area (Å²) >= 11 is 1.64. The zero-order valence-corrected chi connectivity index (χ0v) is 20.1. The summed E-state index contributed by atoms with van der Waals surface area (Å²) in [5, 5.41) is 11.1. The molecule has 10 nitrogen and oxygen atoms in total. The number of aliphatic imine (C=N–C) groups is 1. The van der Waals surface area contributed by atoms with Gasteiger partial charge in [0.15, 0.2) is 11.6 Å². The quantitative estimate of drug-likeness (QED) is 0.242. The Balaban J connectivity index is 1.78. The monoisotopic (exact) mass is 480 g/mol. The Morgan fingerprint density at radius 2 is 2.18 bits per heavy atom. The molecule has 1 aliphatic heterocycles. The van der Waals surface area contributed by atoms with E-state index in [2.05, 4.69) is 26.3 Å². The fraction of sp³-hybridized carbons (Fsp3) is 0.348. The lowest BCUT2D eigenvalue weighted by atomic mass is 10.2. The van der Waals surface area contributed by atoms with E-state index in [9.17, 15) is 0 Å². The number of morpholine rings is 1. The maximum atomic E-state index is 7.86. The van der Waals surface area contributed by atoms with Crippen LogP contribution in [0.25, 0.3) is 26.2 Å². The van der Waals surface area contributed by atoms with Crippen LogP contribution in [0.2, 0.25) is 0 Å². The zero-order chi connectivity index (χ0) is 23.9. The van der Waals surface area contributed by atoms with Crippen molar-refractivity contribution in [3.05, 3.63) is 36.4 Å². The van der Waals surface area contributed by atoms with Gasteiger partial charge in [0.1, 0.15) is 5.82 Å². The van der Waals surface area contributed by atoms with Gasteiger partial charge in [-0.05, 0) is 30.7 Å². The lowest BCUT2D eigenvalue weighted by molar-refractivity contribution is 0.122. The highest BCUT2D eigenvalue weighted by Crippen LogP contribution is 2.38. The highest BCUT2D eigenvalue weighted by atomic mass is 32.1. The van der Waals surface area contributed by atoms with E-state index in [-0.39, 0.29) is 0 Å². The van der Waals surface area contributed by atoms with E-state index < -0.39 is 0 Å². The number of methoxy groups -OCH3 is 1. The molecule has 0 bridgehead atoms. The molecule has 0 saturated carbocycles. The summed E-state index contributed by atoms with van der Waals surface area (Å²) in [6.07, 6.45) is 4.52. The standard InChI is InChI=1S/C23H28N8O2S/c1-15(25)28-14-17(13-24)22-29-18-12-19(16-3-4-26-20(11-16)27-5-8-32-2)34-21(18)23(30-22)31-6-9-33-10-7-31/h3-4,11-14,24H,5-10H2,1-2H3,(H2,25,28)(H,26,27)/b17-14+,24-13?. The molecule has 3 aromatic heterocycles. The average molecular weight is 481 g/mol. The van der Waals surface area contributed by atoms with Gasteiger partial charge in [0.25, 0.3) is 0 Å². The molecule has 34 heavy (non-hydrogen) atoms. The summed E-state index contributed by atoms with van der Waals surface area (Å²) in [4.78, 5) is 21.4. The molecule has 11 heteroatoms. The van der Waals surface area contributed by atoms with Gasteiger partial charge in [0.05, 0.1) is 41.4 Å². The van der Waals surface area contributed by atoms with Gasteiger partial charge in [-0.3, -0.25) is 0 Å². The third kappa shape index (κ3) is 5.56. The SMILES string of the molecule is COCCNc1cc(-c2cc3nc(/C(C=N)=C/N=C(C)N)nc(N4CCOCC4)c3s2)ccn1. The molecule has 1 fully saturated rings. The van der Waals surface area contributed by atoms with Gasteiger partial charge in [-0.25, -0.2) is 19.9 Å². The van der Waals surface area contributed by atoms with Crippen LogP contribution in [0.3, 0.4) is 0 Å². The summed E-state index contributed by atoms with van der Waals surface area (Å²) in [5.74, 6) is 2.47. The average Bonchev–Trinajstić information content (AvgIpc) is 3.29. The van der Waals surface area contributed by atoms with Crippen molar-refractivity contribution in [3.63, 3.8) is 0 Å². The number of hydrogen-bond acceptors (Lipinski definition) is 10. The Hall–Kier alpha value is -3.41. The number of fused-ring (bicyclic) bond motifs is 1. The summed E-state index contributed by atoms with van der Waals surface area (Å²) in [6, 6.07) is 6.06. The third-order valence-corrected chi connectivity index (χ3v) is 6.31. The van der Waals surface area contributed by atoms with E-state index in [1.165, 1.54) is 12.4 Å². The number of nitrogens with zero attached hydrogens (tertiary/aromatic N) is 5. The second kappa shape index (κ2) is 11.1. The number of pyridine rings is 1. The van der Waals surface area contributed by atoms with Crippen molar-refractivity contribution in [2.45, 2.75) is 6.92 Å². The van der Waals surface area contributed by atoms with Crippen molar-refractivity contribution >= 4 is 50.8 Å². The molecule has 0 spiro atoms. The predicted molar refractivity (Wildman–Crippen MR) is 138 cm³/mol. The fourth-order valence-corrected chi connectivity index (χ4v) is 4.58. The molecular weight excluding hydrogens is 452 g/mol. The van der Waals surface area contributed by atoms with Crippen LogP contribution in [-0.2, 0) is 9.47 Å². The maximum absolute atomic E-state index is 7.86. The summed E-state index contributed by atoms with van der Waals surface area (Å²) in [6.45, 7) is 5.75. The van der Waals surface area contributed by atoms with Crippen LogP contribution >= 0.6 is 11.3 Å². The van der Waals surface area contributed by atoms with Gasteiger partial charge in [0, 0.05) is 50.2 Å². The first-order valence-electron chi connectivity index (χ1n) is 10.9. The zero-order valence-electron chi connectivity index (χ0n) is 19.2. The summed E-state index contributed by atoms with van der Waals surface area (Å²) in [7, 11) is 1.67. The van der Waals surface area contributed by atoms with Crippen molar-refractivity contribution in [2.24, 2.45) is 10.7 Å². The minimum atomic E-state index is 0.402. The fourth-order valence-electron chi connectivity index (χ4n) is 3.47. The van der Waals surface area contributed by atoms with E-state index in [1.807, 2.05) is 12.1 Å². The largest absolute Gasteiger partial charge is 0.387 e. The molecule has 0 unspecified atom stereocenters. The Morgan fingerprint density at radius 3 is 2.91 bits per heavy atom. The van der Waals surface area contributed by atoms with Gasteiger partial charge >= 0.3 is 0 Å². The lowest BCUT2D eigenvalue weighted by Gasteiger charge is -2.28. The molecule has 178 valence electrons. The van der Waals surface area contributed by atoms with Crippen LogP contribution < -0.4 is 16.0 Å². The molecule has 0 aromatic carbocycles. The van der Waals surface area contributed by atoms with Crippen LogP contribution in [0.1, 0.15) is 12.7 Å². The number of rotatable bonds is 9. The summed E-state index contributed by atoms with van der Waals surface area (Å²) in [5.41, 5.74) is 8.03. The summed E-state index contributed by atoms with van der Waals surface area (Å²) < 4.78 is 11.6. The lowest BCUT2D eigenvalue weighted by Crippen LogP contribution is -2.37. The molecule has 4 rings (SSSR count). The van der Waals surface area contributed by atoms with Crippen LogP contribution in [0.15, 0.2) is 35.6 Å². The predicted octanol–water partition coefficient (Wildman–Crippen LogP) is 3.02. The first-order chi connectivity index (χ1) is 16.6. The topological polar surface area (TPSA) is 135 Å². The van der Waals surface area contributed by atoms with E-state index in [4.69, 9.17) is 30.6 Å². The van der Waals surface area contributed by atoms with Crippen molar-refractivity contribution in [3.8, 4) is 10.4 Å². The second-order valence-corrected chi connectivity index (χ2v) is 8.70. The van der Waals surface area contributed by atoms with E-state index >= 15 is 0 Å². The number of hydrogen-bond donors (Lipinski definition) is 3. The number of ether oxygens (including phenoxy) is 2. The highest BCUT2D eigenvalue weighted by Gasteiger charge is 2.21. The van der Waals surface area contributed by atoms with Crippen LogP contribution in [0.4, 0.5) is 11.6 Å². The molecule has 1 aliphatic rings. The molecule has 0 radical (unpaired) electrons. The van der Waals surface area contributed by atoms with Gasteiger partial charge in [0.2, 0.25) is 0 Å². The Bertz CT molecular complexity index is 1210. The second-order valence-electron chi connectivity index (χ2n) is 7.64. The third-order valence-electron chi connectivity index (χ3n) is 5.14. The van der Waals surface area contributed by atoms with Gasteiger partial charge in [-0.1, -0.05) is 0 Å². The molecule has 3 aromatic rings. The van der Waals surface area contributed by atoms with Gasteiger partial charge in [-0.2, -0.15) is 0 Å². The normalized spacial score (nSPS) is 15.1. The molecule has 1 saturated heterocycles. The Kier molecular flexibility index (Phi) is 7.78. The van der Waals surface area contributed by atoms with Crippen LogP contribution in [0, 0.1) is 5.41 Å². The minimum absolute atomic E-state index is 0.402. The van der Waals surface area contributed by atoms with Gasteiger partial charge < -0.3 is 30.8 Å². The molecule has 0 aliphatic carbocycles. The number of amidine groups is 1. The number of aromatic nitrogens is 3. The highest BCUT2D eigenvalue weighted by molar-refractivity contribution is 7.22. The Labute approximate surface area is 202 Å². The molecule has 4 heterocycles. The Morgan fingerprint density at radius 1 is 1.35 bits per heavy atom. The number of thiophene rings is 1. The van der Waals surface area contributed by atoms with Crippen LogP contribution in [-0.4, -0.2) is 73.6 Å². The first-order valence-corrected chi connectivity index (χ1v) is 11.7.